The number of amides is 1. The molecule has 0 radical (unpaired) electrons. The summed E-state index contributed by atoms with van der Waals surface area (Å²) in [5, 5.41) is 2.57. The summed E-state index contributed by atoms with van der Waals surface area (Å²) in [4.78, 5) is 11.7. The van der Waals surface area contributed by atoms with Crippen LogP contribution in [0.5, 0.6) is 0 Å². The van der Waals surface area contributed by atoms with E-state index in [0.29, 0.717) is 0 Å². The van der Waals surface area contributed by atoms with Crippen molar-refractivity contribution in [3.05, 3.63) is 71.3 Å². The van der Waals surface area contributed by atoms with Crippen LogP contribution in [0.4, 0.5) is 13.2 Å². The van der Waals surface area contributed by atoms with E-state index >= 15 is 0 Å². The van der Waals surface area contributed by atoms with Crippen LogP contribution in [0.25, 0.3) is 0 Å². The number of halogens is 3. The molecule has 0 heterocycles. The van der Waals surface area contributed by atoms with Crippen molar-refractivity contribution in [2.45, 2.75) is 12.6 Å². The average Bonchev–Trinajstić information content (AvgIpc) is 2.52. The quantitative estimate of drug-likeness (QED) is 0.864. The van der Waals surface area contributed by atoms with E-state index in [1.54, 1.807) is 0 Å². The topological polar surface area (TPSA) is 29.1 Å². The van der Waals surface area contributed by atoms with Crippen LogP contribution in [0.3, 0.4) is 0 Å². The van der Waals surface area contributed by atoms with Crippen molar-refractivity contribution in [2.75, 3.05) is 6.54 Å². The summed E-state index contributed by atoms with van der Waals surface area (Å²) in [7, 11) is 0. The summed E-state index contributed by atoms with van der Waals surface area (Å²) in [5.74, 6) is 4.78. The van der Waals surface area contributed by atoms with Gasteiger partial charge in [-0.2, -0.15) is 13.2 Å². The maximum atomic E-state index is 12.8. The predicted octanol–water partition coefficient (Wildman–Crippen LogP) is 3.42. The number of nitrogens with one attached hydrogen (secondary N) is 1. The Balaban J connectivity index is 1.93. The van der Waals surface area contributed by atoms with Crippen molar-refractivity contribution in [3.63, 3.8) is 0 Å². The first-order valence-corrected chi connectivity index (χ1v) is 6.92. The standard InChI is InChI=1S/C18H14F3NO/c19-18(20,21)16-11-5-4-9-15(16)10-6-12-22-17(23)13-14-7-2-1-3-8-14/h1-5,7-9,11H,12-13H2,(H,22,23). The molecule has 2 nitrogen and oxygen atoms in total. The first-order valence-electron chi connectivity index (χ1n) is 6.92. The molecule has 0 aliphatic rings. The number of hydrogen-bond donors (Lipinski definition) is 1. The predicted molar refractivity (Wildman–Crippen MR) is 81.5 cm³/mol. The van der Waals surface area contributed by atoms with Gasteiger partial charge in [-0.1, -0.05) is 54.3 Å². The first kappa shape index (κ1) is 16.6. The molecular weight excluding hydrogens is 303 g/mol. The van der Waals surface area contributed by atoms with Gasteiger partial charge in [-0.3, -0.25) is 4.79 Å². The highest BCUT2D eigenvalue weighted by Gasteiger charge is 2.32. The Labute approximate surface area is 132 Å². The van der Waals surface area contributed by atoms with Gasteiger partial charge in [0.15, 0.2) is 0 Å². The van der Waals surface area contributed by atoms with Crippen molar-refractivity contribution in [1.82, 2.24) is 5.32 Å². The van der Waals surface area contributed by atoms with Gasteiger partial charge >= 0.3 is 6.18 Å². The molecule has 0 atom stereocenters. The molecule has 0 aliphatic heterocycles. The number of rotatable bonds is 3. The van der Waals surface area contributed by atoms with Crippen LogP contribution >= 0.6 is 0 Å². The molecule has 2 rings (SSSR count). The van der Waals surface area contributed by atoms with Gasteiger partial charge in [-0.15, -0.1) is 0 Å². The smallest absolute Gasteiger partial charge is 0.345 e. The third-order valence-electron chi connectivity index (χ3n) is 3.04. The number of benzene rings is 2. The van der Waals surface area contributed by atoms with Gasteiger partial charge in [0.1, 0.15) is 0 Å². The highest BCUT2D eigenvalue weighted by molar-refractivity contribution is 5.78. The van der Waals surface area contributed by atoms with E-state index in [1.165, 1.54) is 18.2 Å². The van der Waals surface area contributed by atoms with E-state index in [0.717, 1.165) is 11.6 Å². The molecule has 0 spiro atoms. The van der Waals surface area contributed by atoms with Gasteiger partial charge in [0, 0.05) is 5.56 Å². The fraction of sp³-hybridized carbons (Fsp3) is 0.167. The molecular formula is C18H14F3NO. The van der Waals surface area contributed by atoms with E-state index in [-0.39, 0.29) is 24.4 Å². The number of hydrogen-bond acceptors (Lipinski definition) is 1. The molecule has 0 fully saturated rings. The lowest BCUT2D eigenvalue weighted by atomic mass is 10.1. The van der Waals surface area contributed by atoms with E-state index in [1.807, 2.05) is 30.3 Å². The highest BCUT2D eigenvalue weighted by atomic mass is 19.4. The SMILES string of the molecule is O=C(Cc1ccccc1)NCC#Cc1ccccc1C(F)(F)F. The van der Waals surface area contributed by atoms with E-state index in [9.17, 15) is 18.0 Å². The largest absolute Gasteiger partial charge is 0.417 e. The maximum absolute atomic E-state index is 12.8. The van der Waals surface area contributed by atoms with Crippen molar-refractivity contribution in [2.24, 2.45) is 0 Å². The second kappa shape index (κ2) is 7.50. The molecule has 5 heteroatoms. The van der Waals surface area contributed by atoms with Gasteiger partial charge in [0.2, 0.25) is 5.91 Å². The summed E-state index contributed by atoms with van der Waals surface area (Å²) < 4.78 is 38.4. The van der Waals surface area contributed by atoms with Crippen molar-refractivity contribution >= 4 is 5.91 Å². The lowest BCUT2D eigenvalue weighted by molar-refractivity contribution is -0.137. The molecule has 0 saturated carbocycles. The van der Waals surface area contributed by atoms with E-state index < -0.39 is 11.7 Å². The van der Waals surface area contributed by atoms with Gasteiger partial charge < -0.3 is 5.32 Å². The molecule has 0 bridgehead atoms. The van der Waals surface area contributed by atoms with Crippen LogP contribution in [-0.4, -0.2) is 12.5 Å². The average molecular weight is 317 g/mol. The molecule has 0 unspecified atom stereocenters. The molecule has 2 aromatic rings. The second-order valence-corrected chi connectivity index (χ2v) is 4.78. The zero-order chi connectivity index (χ0) is 16.7. The molecule has 0 aliphatic carbocycles. The summed E-state index contributed by atoms with van der Waals surface area (Å²) in [6.45, 7) is -0.00212. The van der Waals surface area contributed by atoms with Crippen LogP contribution in [0.15, 0.2) is 54.6 Å². The van der Waals surface area contributed by atoms with Crippen LogP contribution < -0.4 is 5.32 Å². The molecule has 1 N–H and O–H groups in total. The summed E-state index contributed by atoms with van der Waals surface area (Å²) >= 11 is 0. The molecule has 0 aromatic heterocycles. The fourth-order valence-corrected chi connectivity index (χ4v) is 1.97. The normalized spacial score (nSPS) is 10.6. The Bertz CT molecular complexity index is 727. The van der Waals surface area contributed by atoms with E-state index in [2.05, 4.69) is 17.2 Å². The Morgan fingerprint density at radius 3 is 2.35 bits per heavy atom. The van der Waals surface area contributed by atoms with Gasteiger partial charge in [0.25, 0.3) is 0 Å². The Hall–Kier alpha value is -2.74. The molecule has 0 saturated heterocycles. The lowest BCUT2D eigenvalue weighted by Crippen LogP contribution is -2.25. The van der Waals surface area contributed by atoms with Gasteiger partial charge in [0.05, 0.1) is 18.5 Å². The van der Waals surface area contributed by atoms with Crippen LogP contribution in [-0.2, 0) is 17.4 Å². The monoisotopic (exact) mass is 317 g/mol. The van der Waals surface area contributed by atoms with Gasteiger partial charge in [-0.05, 0) is 17.7 Å². The highest BCUT2D eigenvalue weighted by Crippen LogP contribution is 2.31. The minimum Gasteiger partial charge on any atom is -0.345 e. The zero-order valence-electron chi connectivity index (χ0n) is 12.2. The molecule has 118 valence electrons. The minimum atomic E-state index is -4.44. The van der Waals surface area contributed by atoms with E-state index in [4.69, 9.17) is 0 Å². The Morgan fingerprint density at radius 1 is 1.00 bits per heavy atom. The van der Waals surface area contributed by atoms with Crippen molar-refractivity contribution in [1.29, 1.82) is 0 Å². The third kappa shape index (κ3) is 5.19. The number of carbonyl (C=O) groups is 1. The van der Waals surface area contributed by atoms with Crippen LogP contribution in [0.2, 0.25) is 0 Å². The Kier molecular flexibility index (Phi) is 5.42. The molecule has 1 amide bonds. The molecule has 2 aromatic carbocycles. The maximum Gasteiger partial charge on any atom is 0.417 e. The second-order valence-electron chi connectivity index (χ2n) is 4.78. The van der Waals surface area contributed by atoms with Crippen LogP contribution in [0.1, 0.15) is 16.7 Å². The minimum absolute atomic E-state index is 0.00212. The van der Waals surface area contributed by atoms with Crippen molar-refractivity contribution < 1.29 is 18.0 Å². The first-order chi connectivity index (χ1) is 11.0. The summed E-state index contributed by atoms with van der Waals surface area (Å²) in [5.41, 5.74) is -0.0132. The van der Waals surface area contributed by atoms with Crippen LogP contribution in [0, 0.1) is 11.8 Å². The Morgan fingerprint density at radius 2 is 1.65 bits per heavy atom. The number of carbonyl (C=O) groups excluding carboxylic acids is 1. The van der Waals surface area contributed by atoms with Crippen molar-refractivity contribution in [3.8, 4) is 11.8 Å². The summed E-state index contributed by atoms with van der Waals surface area (Å²) in [6.07, 6.45) is -4.23. The zero-order valence-corrected chi connectivity index (χ0v) is 12.2. The fourth-order valence-electron chi connectivity index (χ4n) is 1.97. The molecule has 23 heavy (non-hydrogen) atoms. The summed E-state index contributed by atoms with van der Waals surface area (Å²) in [6, 6.07) is 14.3. The number of alkyl halides is 3. The third-order valence-corrected chi connectivity index (χ3v) is 3.04. The van der Waals surface area contributed by atoms with Gasteiger partial charge in [-0.25, -0.2) is 0 Å². The lowest BCUT2D eigenvalue weighted by Gasteiger charge is -2.08.